The Kier molecular flexibility index (Phi) is 5.82. The van der Waals surface area contributed by atoms with E-state index in [0.29, 0.717) is 16.8 Å². The van der Waals surface area contributed by atoms with E-state index in [1.807, 2.05) is 24.4 Å². The summed E-state index contributed by atoms with van der Waals surface area (Å²) in [6.45, 7) is 3.70. The molecule has 32 heavy (non-hydrogen) atoms. The van der Waals surface area contributed by atoms with E-state index in [4.69, 9.17) is 4.98 Å². The molecule has 1 saturated carbocycles. The summed E-state index contributed by atoms with van der Waals surface area (Å²) in [5, 5.41) is 0.363. The Morgan fingerprint density at radius 3 is 2.59 bits per heavy atom. The van der Waals surface area contributed by atoms with Crippen molar-refractivity contribution in [2.24, 2.45) is 0 Å². The molecule has 0 spiro atoms. The van der Waals surface area contributed by atoms with Crippen LogP contribution in [0.25, 0.3) is 10.9 Å². The molecule has 0 amide bonds. The molecule has 3 heterocycles. The highest BCUT2D eigenvalue weighted by Crippen LogP contribution is 2.34. The maximum absolute atomic E-state index is 12.6. The first-order valence-corrected chi connectivity index (χ1v) is 11.1. The van der Waals surface area contributed by atoms with E-state index < -0.39 is 18.5 Å². The molecule has 1 aliphatic heterocycles. The summed E-state index contributed by atoms with van der Waals surface area (Å²) in [5.41, 5.74) is 2.16. The van der Waals surface area contributed by atoms with Gasteiger partial charge in [-0.2, -0.15) is 0 Å². The van der Waals surface area contributed by atoms with Gasteiger partial charge in [0.1, 0.15) is 5.82 Å². The average Bonchev–Trinajstić information content (AvgIpc) is 2.75. The summed E-state index contributed by atoms with van der Waals surface area (Å²) in [6.07, 6.45) is 4.17. The summed E-state index contributed by atoms with van der Waals surface area (Å²) in [4.78, 5) is 30.5. The van der Waals surface area contributed by atoms with Gasteiger partial charge in [-0.1, -0.05) is 6.42 Å². The van der Waals surface area contributed by atoms with Crippen molar-refractivity contribution in [1.82, 2.24) is 24.4 Å². The van der Waals surface area contributed by atoms with Crippen molar-refractivity contribution in [3.05, 3.63) is 58.7 Å². The quantitative estimate of drug-likeness (QED) is 0.587. The molecule has 1 aromatic carbocycles. The Balaban J connectivity index is 1.23. The molecule has 0 N–H and O–H groups in total. The number of rotatable bonds is 6. The topological polar surface area (TPSA) is 67.2 Å². The van der Waals surface area contributed by atoms with Crippen LogP contribution in [0.2, 0.25) is 0 Å². The Morgan fingerprint density at radius 2 is 1.88 bits per heavy atom. The summed E-state index contributed by atoms with van der Waals surface area (Å²) < 4.78 is 26.3. The summed E-state index contributed by atoms with van der Waals surface area (Å²) >= 11 is 0. The van der Waals surface area contributed by atoms with Crippen LogP contribution in [-0.2, 0) is 13.1 Å². The standard InChI is InChI=1S/C23H26F2N6O/c24-21(25)14-31-15-27-20-12-18(4-5-19(20)23(31)32)30-10-8-29(9-11-30)13-17-6-7-26-22(28-17)16-2-1-3-16/h4-7,12,15-16,21H,1-3,8-11,13-14H2. The van der Waals surface area contributed by atoms with Crippen LogP contribution in [0.5, 0.6) is 0 Å². The number of halogens is 2. The van der Waals surface area contributed by atoms with Crippen LogP contribution in [0.1, 0.15) is 36.7 Å². The molecule has 1 saturated heterocycles. The molecule has 5 rings (SSSR count). The monoisotopic (exact) mass is 440 g/mol. The number of piperazine rings is 1. The number of alkyl halides is 2. The van der Waals surface area contributed by atoms with Crippen molar-refractivity contribution < 1.29 is 8.78 Å². The maximum Gasteiger partial charge on any atom is 0.261 e. The molecule has 3 aromatic rings. The predicted molar refractivity (Wildman–Crippen MR) is 118 cm³/mol. The number of fused-ring (bicyclic) bond motifs is 1. The first kappa shape index (κ1) is 20.9. The molecule has 7 nitrogen and oxygen atoms in total. The molecule has 0 unspecified atom stereocenters. The molecule has 0 atom stereocenters. The third kappa shape index (κ3) is 4.34. The van der Waals surface area contributed by atoms with Gasteiger partial charge < -0.3 is 4.90 Å². The molecular formula is C23H26F2N6O. The molecule has 168 valence electrons. The predicted octanol–water partition coefficient (Wildman–Crippen LogP) is 3.04. The van der Waals surface area contributed by atoms with E-state index >= 15 is 0 Å². The lowest BCUT2D eigenvalue weighted by Gasteiger charge is -2.36. The maximum atomic E-state index is 12.6. The van der Waals surface area contributed by atoms with E-state index in [2.05, 4.69) is 19.8 Å². The van der Waals surface area contributed by atoms with E-state index in [-0.39, 0.29) is 0 Å². The molecule has 2 aromatic heterocycles. The van der Waals surface area contributed by atoms with Gasteiger partial charge in [-0.3, -0.25) is 14.3 Å². The fraction of sp³-hybridized carbons (Fsp3) is 0.478. The highest BCUT2D eigenvalue weighted by Gasteiger charge is 2.23. The number of aromatic nitrogens is 4. The lowest BCUT2D eigenvalue weighted by Crippen LogP contribution is -2.46. The van der Waals surface area contributed by atoms with Crippen molar-refractivity contribution in [2.45, 2.75) is 44.7 Å². The highest BCUT2D eigenvalue weighted by molar-refractivity contribution is 5.81. The zero-order chi connectivity index (χ0) is 22.1. The van der Waals surface area contributed by atoms with E-state index in [1.54, 1.807) is 6.07 Å². The van der Waals surface area contributed by atoms with Crippen molar-refractivity contribution in [1.29, 1.82) is 0 Å². The van der Waals surface area contributed by atoms with Crippen molar-refractivity contribution in [3.8, 4) is 0 Å². The summed E-state index contributed by atoms with van der Waals surface area (Å²) in [7, 11) is 0. The normalized spacial score (nSPS) is 17.8. The molecule has 0 radical (unpaired) electrons. The van der Waals surface area contributed by atoms with Crippen LogP contribution in [0.4, 0.5) is 14.5 Å². The van der Waals surface area contributed by atoms with Crippen molar-refractivity contribution in [2.75, 3.05) is 31.1 Å². The Labute approximate surface area is 184 Å². The second-order valence-corrected chi connectivity index (χ2v) is 8.59. The Bertz CT molecular complexity index is 1150. The van der Waals surface area contributed by atoms with Gasteiger partial charge in [0.2, 0.25) is 0 Å². The van der Waals surface area contributed by atoms with Crippen LogP contribution in [-0.4, -0.2) is 57.0 Å². The zero-order valence-corrected chi connectivity index (χ0v) is 17.8. The smallest absolute Gasteiger partial charge is 0.261 e. The van der Waals surface area contributed by atoms with Crippen molar-refractivity contribution in [3.63, 3.8) is 0 Å². The second kappa shape index (κ2) is 8.90. The van der Waals surface area contributed by atoms with Gasteiger partial charge in [0.25, 0.3) is 12.0 Å². The first-order valence-electron chi connectivity index (χ1n) is 11.1. The fourth-order valence-electron chi connectivity index (χ4n) is 4.38. The van der Waals surface area contributed by atoms with Gasteiger partial charge in [-0.15, -0.1) is 0 Å². The average molecular weight is 440 g/mol. The van der Waals surface area contributed by atoms with Gasteiger partial charge >= 0.3 is 0 Å². The van der Waals surface area contributed by atoms with Gasteiger partial charge in [0.05, 0.1) is 29.5 Å². The summed E-state index contributed by atoms with van der Waals surface area (Å²) in [5.74, 6) is 1.52. The molecule has 1 aliphatic carbocycles. The summed E-state index contributed by atoms with van der Waals surface area (Å²) in [6, 6.07) is 7.44. The third-order valence-corrected chi connectivity index (χ3v) is 6.47. The largest absolute Gasteiger partial charge is 0.369 e. The minimum absolute atomic E-state index is 0.363. The van der Waals surface area contributed by atoms with Gasteiger partial charge in [0, 0.05) is 50.5 Å². The van der Waals surface area contributed by atoms with Crippen LogP contribution >= 0.6 is 0 Å². The molecule has 2 fully saturated rings. The van der Waals surface area contributed by atoms with Gasteiger partial charge in [0.15, 0.2) is 0 Å². The molecular weight excluding hydrogens is 414 g/mol. The SMILES string of the molecule is O=c1c2ccc(N3CCN(Cc4ccnc(C5CCC5)n4)CC3)cc2ncn1CC(F)F. The third-order valence-electron chi connectivity index (χ3n) is 6.47. The van der Waals surface area contributed by atoms with Crippen LogP contribution in [0, 0.1) is 0 Å². The van der Waals surface area contributed by atoms with Crippen LogP contribution < -0.4 is 10.5 Å². The molecule has 2 aliphatic rings. The zero-order valence-electron chi connectivity index (χ0n) is 17.8. The number of nitrogens with zero attached hydrogens (tertiary/aromatic N) is 6. The number of benzene rings is 1. The lowest BCUT2D eigenvalue weighted by atomic mass is 9.85. The Morgan fingerprint density at radius 1 is 1.06 bits per heavy atom. The van der Waals surface area contributed by atoms with Gasteiger partial charge in [-0.25, -0.2) is 23.7 Å². The minimum Gasteiger partial charge on any atom is -0.369 e. The fourth-order valence-corrected chi connectivity index (χ4v) is 4.38. The number of hydrogen-bond donors (Lipinski definition) is 0. The lowest BCUT2D eigenvalue weighted by molar-refractivity contribution is 0.125. The van der Waals surface area contributed by atoms with Gasteiger partial charge in [-0.05, 0) is 37.1 Å². The van der Waals surface area contributed by atoms with Crippen molar-refractivity contribution >= 4 is 16.6 Å². The highest BCUT2D eigenvalue weighted by atomic mass is 19.3. The van der Waals surface area contributed by atoms with E-state index in [9.17, 15) is 13.6 Å². The van der Waals surface area contributed by atoms with E-state index in [1.165, 1.54) is 25.6 Å². The first-order chi connectivity index (χ1) is 15.6. The molecule has 9 heteroatoms. The number of anilines is 1. The van der Waals surface area contributed by atoms with Crippen LogP contribution in [0.3, 0.4) is 0 Å². The minimum atomic E-state index is -2.59. The number of hydrogen-bond acceptors (Lipinski definition) is 6. The second-order valence-electron chi connectivity index (χ2n) is 8.59. The Hall–Kier alpha value is -2.94. The van der Waals surface area contributed by atoms with Crippen LogP contribution in [0.15, 0.2) is 41.6 Å². The van der Waals surface area contributed by atoms with E-state index in [0.717, 1.165) is 54.5 Å². The molecule has 0 bridgehead atoms.